The predicted molar refractivity (Wildman–Crippen MR) is 74.3 cm³/mol. The Labute approximate surface area is 118 Å². The van der Waals surface area contributed by atoms with Crippen LogP contribution in [0.2, 0.25) is 0 Å². The number of ether oxygens (including phenoxy) is 1. The van der Waals surface area contributed by atoms with Crippen molar-refractivity contribution >= 4 is 34.4 Å². The number of rotatable bonds is 4. The Morgan fingerprint density at radius 3 is 2.95 bits per heavy atom. The zero-order valence-electron chi connectivity index (χ0n) is 10.9. The summed E-state index contributed by atoms with van der Waals surface area (Å²) < 4.78 is 6.20. The van der Waals surface area contributed by atoms with Gasteiger partial charge in [0.1, 0.15) is 4.88 Å². The molecule has 104 valence electrons. The van der Waals surface area contributed by atoms with Crippen LogP contribution in [0.4, 0.5) is 5.13 Å². The molecule has 0 saturated heterocycles. The fourth-order valence-corrected chi connectivity index (χ4v) is 2.12. The van der Waals surface area contributed by atoms with Crippen LogP contribution < -0.4 is 5.32 Å². The van der Waals surface area contributed by atoms with Gasteiger partial charge in [-0.2, -0.15) is 5.10 Å². The lowest BCUT2D eigenvalue weighted by molar-refractivity contribution is -0.111. The molecule has 7 nitrogen and oxygen atoms in total. The highest BCUT2D eigenvalue weighted by atomic mass is 32.1. The van der Waals surface area contributed by atoms with Gasteiger partial charge in [0.25, 0.3) is 0 Å². The maximum absolute atomic E-state index is 11.7. The summed E-state index contributed by atoms with van der Waals surface area (Å²) in [6.07, 6.45) is 6.01. The van der Waals surface area contributed by atoms with Gasteiger partial charge >= 0.3 is 5.97 Å². The molecule has 2 aromatic heterocycles. The first-order chi connectivity index (χ1) is 9.60. The lowest BCUT2D eigenvalue weighted by Crippen LogP contribution is -2.07. The van der Waals surface area contributed by atoms with Gasteiger partial charge in [-0.25, -0.2) is 9.78 Å². The molecular weight excluding hydrogens is 280 g/mol. The Morgan fingerprint density at radius 2 is 2.30 bits per heavy atom. The van der Waals surface area contributed by atoms with Crippen LogP contribution in [0.25, 0.3) is 6.08 Å². The number of esters is 1. The Balaban J connectivity index is 1.98. The summed E-state index contributed by atoms with van der Waals surface area (Å²) in [6, 6.07) is 1.78. The fraction of sp³-hybridized carbons (Fsp3) is 0.167. The van der Waals surface area contributed by atoms with E-state index in [-0.39, 0.29) is 5.91 Å². The second-order valence-corrected chi connectivity index (χ2v) is 4.75. The van der Waals surface area contributed by atoms with E-state index in [1.807, 2.05) is 0 Å². The number of nitrogens with zero attached hydrogens (tertiary/aromatic N) is 3. The van der Waals surface area contributed by atoms with Crippen LogP contribution in [-0.4, -0.2) is 33.8 Å². The predicted octanol–water partition coefficient (Wildman–Crippen LogP) is 1.32. The van der Waals surface area contributed by atoms with E-state index in [1.54, 1.807) is 30.1 Å². The number of methoxy groups -OCH3 is 1. The second-order valence-electron chi connectivity index (χ2n) is 3.72. The second kappa shape index (κ2) is 6.11. The lowest BCUT2D eigenvalue weighted by atomic mass is 10.3. The first-order valence-electron chi connectivity index (χ1n) is 5.61. The molecule has 0 radical (unpaired) electrons. The van der Waals surface area contributed by atoms with Crippen molar-refractivity contribution in [3.8, 4) is 0 Å². The largest absolute Gasteiger partial charge is 0.465 e. The molecule has 2 heterocycles. The molecule has 0 unspecified atom stereocenters. The van der Waals surface area contributed by atoms with Crippen LogP contribution in [0.3, 0.4) is 0 Å². The smallest absolute Gasteiger partial charge is 0.349 e. The molecule has 2 aromatic rings. The molecule has 0 atom stereocenters. The van der Waals surface area contributed by atoms with Crippen molar-refractivity contribution in [1.29, 1.82) is 0 Å². The Bertz CT molecular complexity index is 659. The van der Waals surface area contributed by atoms with Crippen LogP contribution >= 0.6 is 11.3 Å². The molecule has 8 heteroatoms. The van der Waals surface area contributed by atoms with Crippen LogP contribution in [0, 0.1) is 0 Å². The van der Waals surface area contributed by atoms with Gasteiger partial charge < -0.3 is 4.74 Å². The van der Waals surface area contributed by atoms with E-state index in [0.717, 1.165) is 17.0 Å². The monoisotopic (exact) mass is 292 g/mol. The molecule has 0 saturated carbocycles. The summed E-state index contributed by atoms with van der Waals surface area (Å²) in [5.41, 5.74) is 0.800. The number of hydrogen-bond donors (Lipinski definition) is 1. The van der Waals surface area contributed by atoms with E-state index in [9.17, 15) is 9.59 Å². The minimum atomic E-state index is -0.478. The summed E-state index contributed by atoms with van der Waals surface area (Å²) in [5, 5.41) is 6.89. The summed E-state index contributed by atoms with van der Waals surface area (Å²) >= 11 is 1.05. The van der Waals surface area contributed by atoms with Gasteiger partial charge in [-0.3, -0.25) is 14.8 Å². The average molecular weight is 292 g/mol. The van der Waals surface area contributed by atoms with E-state index in [2.05, 4.69) is 20.1 Å². The van der Waals surface area contributed by atoms with Gasteiger partial charge in [-0.05, 0) is 12.1 Å². The third kappa shape index (κ3) is 3.29. The third-order valence-electron chi connectivity index (χ3n) is 2.39. The van der Waals surface area contributed by atoms with E-state index in [4.69, 9.17) is 0 Å². The van der Waals surface area contributed by atoms with Crippen LogP contribution in [0.1, 0.15) is 15.4 Å². The molecule has 0 aromatic carbocycles. The molecule has 0 bridgehead atoms. The van der Waals surface area contributed by atoms with Crippen molar-refractivity contribution in [2.24, 2.45) is 7.05 Å². The van der Waals surface area contributed by atoms with E-state index in [1.165, 1.54) is 19.4 Å². The number of thiazole rings is 1. The number of amides is 1. The van der Waals surface area contributed by atoms with Gasteiger partial charge in [-0.1, -0.05) is 11.3 Å². The van der Waals surface area contributed by atoms with Crippen LogP contribution in [0.15, 0.2) is 24.5 Å². The summed E-state index contributed by atoms with van der Waals surface area (Å²) in [6.45, 7) is 0. The molecule has 1 N–H and O–H groups in total. The maximum Gasteiger partial charge on any atom is 0.349 e. The van der Waals surface area contributed by atoms with Crippen molar-refractivity contribution in [3.63, 3.8) is 0 Å². The van der Waals surface area contributed by atoms with Crippen LogP contribution in [-0.2, 0) is 16.6 Å². The maximum atomic E-state index is 11.7. The summed E-state index contributed by atoms with van der Waals surface area (Å²) in [5.74, 6) is -0.814. The number of carbonyl (C=O) groups excluding carboxylic acids is 2. The number of nitrogens with one attached hydrogen (secondary N) is 1. The molecule has 0 aliphatic carbocycles. The molecular formula is C12H12N4O3S. The molecule has 2 rings (SSSR count). The Kier molecular flexibility index (Phi) is 4.26. The molecule has 0 fully saturated rings. The van der Waals surface area contributed by atoms with E-state index >= 15 is 0 Å². The minimum absolute atomic E-state index is 0.332. The van der Waals surface area contributed by atoms with Gasteiger partial charge in [0.15, 0.2) is 5.13 Å². The third-order valence-corrected chi connectivity index (χ3v) is 3.28. The number of aromatic nitrogens is 3. The van der Waals surface area contributed by atoms with Crippen molar-refractivity contribution in [1.82, 2.24) is 14.8 Å². The molecule has 0 aliphatic heterocycles. The number of hydrogen-bond acceptors (Lipinski definition) is 6. The quantitative estimate of drug-likeness (QED) is 0.678. The highest BCUT2D eigenvalue weighted by Gasteiger charge is 2.11. The lowest BCUT2D eigenvalue weighted by Gasteiger charge is -1.96. The molecule has 1 amide bonds. The normalized spacial score (nSPS) is 10.7. The van der Waals surface area contributed by atoms with E-state index in [0.29, 0.717) is 10.0 Å². The zero-order chi connectivity index (χ0) is 14.5. The van der Waals surface area contributed by atoms with Crippen molar-refractivity contribution < 1.29 is 14.3 Å². The Hall–Kier alpha value is -2.48. The molecule has 0 aliphatic rings. The summed E-state index contributed by atoms with van der Waals surface area (Å²) in [7, 11) is 3.07. The summed E-state index contributed by atoms with van der Waals surface area (Å²) in [4.78, 5) is 27.2. The van der Waals surface area contributed by atoms with Crippen molar-refractivity contribution in [3.05, 3.63) is 35.1 Å². The average Bonchev–Trinajstić information content (AvgIpc) is 3.05. The highest BCUT2D eigenvalue weighted by Crippen LogP contribution is 2.18. The first kappa shape index (κ1) is 13.9. The Morgan fingerprint density at radius 1 is 1.50 bits per heavy atom. The first-order valence-corrected chi connectivity index (χ1v) is 6.43. The highest BCUT2D eigenvalue weighted by molar-refractivity contribution is 7.17. The fourth-order valence-electron chi connectivity index (χ4n) is 1.38. The van der Waals surface area contributed by atoms with E-state index < -0.39 is 5.97 Å². The van der Waals surface area contributed by atoms with Crippen LogP contribution in [0.5, 0.6) is 0 Å². The molecule has 20 heavy (non-hydrogen) atoms. The van der Waals surface area contributed by atoms with Gasteiger partial charge in [0.2, 0.25) is 5.91 Å². The number of anilines is 1. The zero-order valence-corrected chi connectivity index (χ0v) is 11.7. The van der Waals surface area contributed by atoms with Crippen molar-refractivity contribution in [2.75, 3.05) is 12.4 Å². The standard InChI is InChI=1S/C12H12N4O3S/c1-16-8(5-6-14-16)3-4-10(17)15-12-13-7-9(20-12)11(18)19-2/h3-7H,1-2H3,(H,13,15,17). The van der Waals surface area contributed by atoms with Gasteiger partial charge in [0, 0.05) is 19.3 Å². The SMILES string of the molecule is COC(=O)c1cnc(NC(=O)C=Cc2ccnn2C)s1. The minimum Gasteiger partial charge on any atom is -0.465 e. The van der Waals surface area contributed by atoms with Gasteiger partial charge in [-0.15, -0.1) is 0 Å². The number of carbonyl (C=O) groups is 2. The molecule has 0 spiro atoms. The van der Waals surface area contributed by atoms with Gasteiger partial charge in [0.05, 0.1) is 19.0 Å². The van der Waals surface area contributed by atoms with Crippen molar-refractivity contribution in [2.45, 2.75) is 0 Å². The topological polar surface area (TPSA) is 86.1 Å². The number of aryl methyl sites for hydroxylation is 1.